The summed E-state index contributed by atoms with van der Waals surface area (Å²) >= 11 is 5.91. The molecule has 0 spiro atoms. The van der Waals surface area contributed by atoms with Gasteiger partial charge in [-0.05, 0) is 31.0 Å². The number of ether oxygens (including phenoxy) is 1. The molecule has 0 radical (unpaired) electrons. The normalized spacial score (nSPS) is 14.4. The first-order valence-electron chi connectivity index (χ1n) is 8.64. The van der Waals surface area contributed by atoms with E-state index in [2.05, 4.69) is 25.1 Å². The van der Waals surface area contributed by atoms with Crippen LogP contribution in [0.2, 0.25) is 5.02 Å². The third kappa shape index (κ3) is 5.00. The average Bonchev–Trinajstić information content (AvgIpc) is 3.20. The molecular weight excluding hydrogens is 390 g/mol. The van der Waals surface area contributed by atoms with Crippen LogP contribution in [0, 0.1) is 0 Å². The van der Waals surface area contributed by atoms with Gasteiger partial charge < -0.3 is 15.0 Å². The molecule has 1 aromatic heterocycles. The van der Waals surface area contributed by atoms with E-state index in [0.29, 0.717) is 17.4 Å². The monoisotopic (exact) mass is 411 g/mol. The van der Waals surface area contributed by atoms with Crippen molar-refractivity contribution in [1.29, 1.82) is 0 Å². The van der Waals surface area contributed by atoms with Gasteiger partial charge in [-0.2, -0.15) is 5.10 Å². The zero-order valence-corrected chi connectivity index (χ0v) is 16.6. The molecule has 3 rings (SSSR count). The number of benzene rings is 1. The van der Waals surface area contributed by atoms with Crippen molar-refractivity contribution in [1.82, 2.24) is 14.9 Å². The Morgan fingerprint density at radius 1 is 1.22 bits per heavy atom. The third-order valence-corrected chi connectivity index (χ3v) is 5.97. The van der Waals surface area contributed by atoms with E-state index >= 15 is 0 Å². The lowest BCUT2D eigenvalue weighted by Crippen LogP contribution is -2.29. The highest BCUT2D eigenvalue weighted by Gasteiger charge is 2.19. The Balaban J connectivity index is 1.57. The van der Waals surface area contributed by atoms with Crippen LogP contribution in [0.4, 0.5) is 11.5 Å². The molecule has 0 bridgehead atoms. The molecule has 27 heavy (non-hydrogen) atoms. The van der Waals surface area contributed by atoms with Crippen molar-refractivity contribution in [3.8, 4) is 5.75 Å². The summed E-state index contributed by atoms with van der Waals surface area (Å²) in [4.78, 5) is 2.27. The lowest BCUT2D eigenvalue weighted by Gasteiger charge is -2.17. The second kappa shape index (κ2) is 8.73. The zero-order valence-electron chi connectivity index (χ0n) is 15.0. The second-order valence-electron chi connectivity index (χ2n) is 6.11. The van der Waals surface area contributed by atoms with Gasteiger partial charge >= 0.3 is 0 Å². The van der Waals surface area contributed by atoms with Gasteiger partial charge in [-0.15, -0.1) is 5.10 Å². The average molecular weight is 412 g/mol. The molecule has 0 amide bonds. The number of sulfonamides is 1. The number of anilines is 2. The smallest absolute Gasteiger partial charge is 0.244 e. The van der Waals surface area contributed by atoms with E-state index in [1.54, 1.807) is 12.3 Å². The van der Waals surface area contributed by atoms with Gasteiger partial charge in [-0.25, -0.2) is 13.1 Å². The highest BCUT2D eigenvalue weighted by Crippen LogP contribution is 2.26. The van der Waals surface area contributed by atoms with Crippen molar-refractivity contribution < 1.29 is 13.2 Å². The molecule has 0 atom stereocenters. The largest absolute Gasteiger partial charge is 0.495 e. The Bertz CT molecular complexity index is 888. The first-order valence-corrected chi connectivity index (χ1v) is 10.5. The summed E-state index contributed by atoms with van der Waals surface area (Å²) < 4.78 is 32.6. The van der Waals surface area contributed by atoms with Gasteiger partial charge in [0, 0.05) is 37.3 Å². The van der Waals surface area contributed by atoms with Gasteiger partial charge in [-0.1, -0.05) is 11.6 Å². The molecule has 0 unspecified atom stereocenters. The van der Waals surface area contributed by atoms with Crippen molar-refractivity contribution >= 4 is 33.1 Å². The van der Waals surface area contributed by atoms with E-state index < -0.39 is 10.0 Å². The van der Waals surface area contributed by atoms with Crippen LogP contribution in [0.25, 0.3) is 0 Å². The van der Waals surface area contributed by atoms with E-state index in [1.807, 2.05) is 6.07 Å². The summed E-state index contributed by atoms with van der Waals surface area (Å²) in [5, 5.41) is 11.5. The Hall–Kier alpha value is -2.10. The summed E-state index contributed by atoms with van der Waals surface area (Å²) in [7, 11) is -2.33. The third-order valence-electron chi connectivity index (χ3n) is 4.25. The van der Waals surface area contributed by atoms with E-state index in [4.69, 9.17) is 16.3 Å². The Labute approximate surface area is 163 Å². The van der Waals surface area contributed by atoms with Crippen molar-refractivity contribution in [2.75, 3.05) is 43.5 Å². The zero-order chi connectivity index (χ0) is 19.3. The molecule has 2 N–H and O–H groups in total. The number of nitrogens with zero attached hydrogens (tertiary/aromatic N) is 3. The summed E-state index contributed by atoms with van der Waals surface area (Å²) in [6.45, 7) is 2.58. The molecule has 0 saturated carbocycles. The van der Waals surface area contributed by atoms with Crippen molar-refractivity contribution in [3.63, 3.8) is 0 Å². The Kier molecular flexibility index (Phi) is 6.35. The molecule has 1 saturated heterocycles. The molecule has 0 aliphatic carbocycles. The van der Waals surface area contributed by atoms with Crippen LogP contribution in [0.3, 0.4) is 0 Å². The first kappa shape index (κ1) is 19.7. The molecule has 1 fully saturated rings. The molecule has 146 valence electrons. The van der Waals surface area contributed by atoms with Crippen LogP contribution >= 0.6 is 11.6 Å². The number of aromatic nitrogens is 2. The van der Waals surface area contributed by atoms with Crippen molar-refractivity contribution in [2.45, 2.75) is 17.7 Å². The SMILES string of the molecule is COc1ccc(Cl)cc1S(=O)(=O)NCCNc1cc(N2CCCC2)cnn1. The van der Waals surface area contributed by atoms with Gasteiger partial charge in [-0.3, -0.25) is 0 Å². The number of methoxy groups -OCH3 is 1. The van der Waals surface area contributed by atoms with E-state index in [0.717, 1.165) is 18.8 Å². The van der Waals surface area contributed by atoms with Crippen LogP contribution in [0.15, 0.2) is 35.4 Å². The molecular formula is C17H22ClN5O3S. The van der Waals surface area contributed by atoms with Crippen molar-refractivity contribution in [2.24, 2.45) is 0 Å². The number of nitrogens with one attached hydrogen (secondary N) is 2. The number of hydrogen-bond acceptors (Lipinski definition) is 7. The molecule has 1 aromatic carbocycles. The summed E-state index contributed by atoms with van der Waals surface area (Å²) in [5.74, 6) is 0.850. The standard InChI is InChI=1S/C17H22ClN5O3S/c1-26-15-5-4-13(18)10-16(15)27(24,25)21-7-6-19-17-11-14(12-20-22-17)23-8-2-3-9-23/h4-5,10-12,21H,2-3,6-9H2,1H3,(H,19,22). The predicted octanol–water partition coefficient (Wildman–Crippen LogP) is 2.13. The van der Waals surface area contributed by atoms with E-state index in [1.165, 1.54) is 32.1 Å². The predicted molar refractivity (Wildman–Crippen MR) is 105 cm³/mol. The van der Waals surface area contributed by atoms with Crippen LogP contribution in [0.1, 0.15) is 12.8 Å². The van der Waals surface area contributed by atoms with Gasteiger partial charge in [0.15, 0.2) is 5.82 Å². The Morgan fingerprint density at radius 3 is 2.74 bits per heavy atom. The van der Waals surface area contributed by atoms with Crippen LogP contribution in [-0.4, -0.2) is 51.9 Å². The first-order chi connectivity index (χ1) is 13.0. The summed E-state index contributed by atoms with van der Waals surface area (Å²) in [6, 6.07) is 6.38. The topological polar surface area (TPSA) is 96.5 Å². The minimum atomic E-state index is -3.74. The molecule has 2 heterocycles. The maximum Gasteiger partial charge on any atom is 0.244 e. The molecule has 8 nitrogen and oxygen atoms in total. The fraction of sp³-hybridized carbons (Fsp3) is 0.412. The maximum atomic E-state index is 12.5. The van der Waals surface area contributed by atoms with E-state index in [9.17, 15) is 8.42 Å². The second-order valence-corrected chi connectivity index (χ2v) is 8.28. The Morgan fingerprint density at radius 2 is 2.00 bits per heavy atom. The molecule has 1 aliphatic heterocycles. The van der Waals surface area contributed by atoms with Crippen molar-refractivity contribution in [3.05, 3.63) is 35.5 Å². The minimum absolute atomic E-state index is 0.00771. The lowest BCUT2D eigenvalue weighted by molar-refractivity contribution is 0.402. The minimum Gasteiger partial charge on any atom is -0.495 e. The van der Waals surface area contributed by atoms with Gasteiger partial charge in [0.2, 0.25) is 10.0 Å². The molecule has 10 heteroatoms. The fourth-order valence-corrected chi connectivity index (χ4v) is 4.37. The highest BCUT2D eigenvalue weighted by molar-refractivity contribution is 7.89. The van der Waals surface area contributed by atoms with Gasteiger partial charge in [0.25, 0.3) is 0 Å². The number of hydrogen-bond donors (Lipinski definition) is 2. The fourth-order valence-electron chi connectivity index (χ4n) is 2.91. The van der Waals surface area contributed by atoms with Gasteiger partial charge in [0.1, 0.15) is 10.6 Å². The summed E-state index contributed by atoms with van der Waals surface area (Å²) in [5.41, 5.74) is 1.02. The van der Waals surface area contributed by atoms with Crippen LogP contribution in [-0.2, 0) is 10.0 Å². The van der Waals surface area contributed by atoms with Gasteiger partial charge in [0.05, 0.1) is 19.0 Å². The summed E-state index contributed by atoms with van der Waals surface area (Å²) in [6.07, 6.45) is 4.10. The highest BCUT2D eigenvalue weighted by atomic mass is 35.5. The number of rotatable bonds is 8. The number of halogens is 1. The molecule has 1 aliphatic rings. The van der Waals surface area contributed by atoms with Crippen LogP contribution < -0.4 is 19.7 Å². The quantitative estimate of drug-likeness (QED) is 0.642. The van der Waals surface area contributed by atoms with Crippen LogP contribution in [0.5, 0.6) is 5.75 Å². The maximum absolute atomic E-state index is 12.5. The molecule has 2 aromatic rings. The lowest BCUT2D eigenvalue weighted by atomic mass is 10.3. The van der Waals surface area contributed by atoms with E-state index in [-0.39, 0.29) is 17.2 Å².